The summed E-state index contributed by atoms with van der Waals surface area (Å²) in [6.45, 7) is 7.15. The van der Waals surface area contributed by atoms with Crippen LogP contribution in [0.2, 0.25) is 0 Å². The summed E-state index contributed by atoms with van der Waals surface area (Å²) >= 11 is 0. The van der Waals surface area contributed by atoms with Crippen molar-refractivity contribution in [2.75, 3.05) is 25.1 Å². The fourth-order valence-corrected chi connectivity index (χ4v) is 2.39. The molecule has 2 heterocycles. The zero-order valence-electron chi connectivity index (χ0n) is 13.6. The molecule has 22 heavy (non-hydrogen) atoms. The van der Waals surface area contributed by atoms with E-state index >= 15 is 0 Å². The number of nitrogens with zero attached hydrogens (tertiary/aromatic N) is 3. The predicted octanol–water partition coefficient (Wildman–Crippen LogP) is 1.98. The minimum absolute atomic E-state index is 0.0459. The van der Waals surface area contributed by atoms with Crippen molar-refractivity contribution < 1.29 is 14.3 Å². The Morgan fingerprint density at radius 1 is 1.41 bits per heavy atom. The number of hydrogen-bond donors (Lipinski definition) is 1. The molecule has 7 heteroatoms. The van der Waals surface area contributed by atoms with Gasteiger partial charge in [-0.25, -0.2) is 14.8 Å². The molecule has 2 rings (SSSR count). The fraction of sp³-hybridized carbons (Fsp3) is 0.667. The summed E-state index contributed by atoms with van der Waals surface area (Å²) in [5.74, 6) is 1.34. The SMILES string of the molecule is COc1cc(N2CCC[C@@H](NC(=O)OC(C)(C)C)C2)ncn1. The van der Waals surface area contributed by atoms with E-state index in [1.807, 2.05) is 20.8 Å². The van der Waals surface area contributed by atoms with E-state index in [1.165, 1.54) is 6.33 Å². The standard InChI is InChI=1S/C15H24N4O3/c1-15(2,3)22-14(20)18-11-6-5-7-19(9-11)12-8-13(21-4)17-10-16-12/h8,10-11H,5-7,9H2,1-4H3,(H,18,20)/t11-/m1/s1. The summed E-state index contributed by atoms with van der Waals surface area (Å²) in [6.07, 6.45) is 3.02. The zero-order valence-corrected chi connectivity index (χ0v) is 13.6. The van der Waals surface area contributed by atoms with Crippen molar-refractivity contribution in [1.82, 2.24) is 15.3 Å². The van der Waals surface area contributed by atoms with Crippen LogP contribution in [-0.4, -0.2) is 47.9 Å². The molecule has 1 aromatic heterocycles. The molecule has 0 aliphatic carbocycles. The first-order chi connectivity index (χ1) is 10.4. The average Bonchev–Trinajstić information content (AvgIpc) is 2.45. The summed E-state index contributed by atoms with van der Waals surface area (Å²) in [4.78, 5) is 22.3. The monoisotopic (exact) mass is 308 g/mol. The highest BCUT2D eigenvalue weighted by Crippen LogP contribution is 2.20. The van der Waals surface area contributed by atoms with E-state index in [0.717, 1.165) is 25.2 Å². The summed E-state index contributed by atoms with van der Waals surface area (Å²) in [6, 6.07) is 1.85. The van der Waals surface area contributed by atoms with Crippen molar-refractivity contribution in [1.29, 1.82) is 0 Å². The first-order valence-electron chi connectivity index (χ1n) is 7.48. The number of alkyl carbamates (subject to hydrolysis) is 1. The molecule has 0 saturated carbocycles. The van der Waals surface area contributed by atoms with E-state index in [4.69, 9.17) is 9.47 Å². The van der Waals surface area contributed by atoms with Crippen molar-refractivity contribution in [3.63, 3.8) is 0 Å². The molecule has 1 atom stereocenters. The van der Waals surface area contributed by atoms with Gasteiger partial charge in [0.05, 0.1) is 7.11 Å². The molecule has 0 radical (unpaired) electrons. The molecule has 0 spiro atoms. The second-order valence-corrected chi connectivity index (χ2v) is 6.35. The predicted molar refractivity (Wildman–Crippen MR) is 83.2 cm³/mol. The van der Waals surface area contributed by atoms with Crippen LogP contribution >= 0.6 is 0 Å². The molecule has 0 aromatic carbocycles. The fourth-order valence-electron chi connectivity index (χ4n) is 2.39. The van der Waals surface area contributed by atoms with Gasteiger partial charge in [0.25, 0.3) is 0 Å². The number of nitrogens with one attached hydrogen (secondary N) is 1. The van der Waals surface area contributed by atoms with Crippen LogP contribution < -0.4 is 15.0 Å². The summed E-state index contributed by atoms with van der Waals surface area (Å²) in [7, 11) is 1.58. The molecule has 1 amide bonds. The second-order valence-electron chi connectivity index (χ2n) is 6.35. The topological polar surface area (TPSA) is 76.6 Å². The Morgan fingerprint density at radius 3 is 2.86 bits per heavy atom. The number of rotatable bonds is 3. The van der Waals surface area contributed by atoms with Gasteiger partial charge in [-0.15, -0.1) is 0 Å². The van der Waals surface area contributed by atoms with Crippen molar-refractivity contribution in [3.05, 3.63) is 12.4 Å². The molecule has 122 valence electrons. The van der Waals surface area contributed by atoms with Crippen molar-refractivity contribution >= 4 is 11.9 Å². The van der Waals surface area contributed by atoms with Crippen LogP contribution in [0.3, 0.4) is 0 Å². The highest BCUT2D eigenvalue weighted by Gasteiger charge is 2.25. The molecule has 1 saturated heterocycles. The van der Waals surface area contributed by atoms with Crippen LogP contribution in [0.15, 0.2) is 12.4 Å². The van der Waals surface area contributed by atoms with E-state index in [0.29, 0.717) is 12.4 Å². The first kappa shape index (κ1) is 16.3. The van der Waals surface area contributed by atoms with Gasteiger partial charge in [-0.3, -0.25) is 0 Å². The number of carbonyl (C=O) groups excluding carboxylic acids is 1. The minimum atomic E-state index is -0.488. The largest absolute Gasteiger partial charge is 0.481 e. The maximum absolute atomic E-state index is 11.9. The van der Waals surface area contributed by atoms with E-state index in [9.17, 15) is 4.79 Å². The third-order valence-electron chi connectivity index (χ3n) is 3.30. The van der Waals surface area contributed by atoms with E-state index in [1.54, 1.807) is 13.2 Å². The van der Waals surface area contributed by atoms with Crippen LogP contribution in [0, 0.1) is 0 Å². The van der Waals surface area contributed by atoms with Gasteiger partial charge in [-0.2, -0.15) is 0 Å². The van der Waals surface area contributed by atoms with Gasteiger partial charge in [0.15, 0.2) is 0 Å². The van der Waals surface area contributed by atoms with Crippen molar-refractivity contribution in [2.24, 2.45) is 0 Å². The molecule has 1 aromatic rings. The lowest BCUT2D eigenvalue weighted by atomic mass is 10.1. The van der Waals surface area contributed by atoms with E-state index in [-0.39, 0.29) is 12.1 Å². The molecular weight excluding hydrogens is 284 g/mol. The number of hydrogen-bond acceptors (Lipinski definition) is 6. The molecule has 0 unspecified atom stereocenters. The lowest BCUT2D eigenvalue weighted by Gasteiger charge is -2.34. The highest BCUT2D eigenvalue weighted by molar-refractivity contribution is 5.68. The quantitative estimate of drug-likeness (QED) is 0.920. The third kappa shape index (κ3) is 4.75. The lowest BCUT2D eigenvalue weighted by molar-refractivity contribution is 0.0500. The maximum Gasteiger partial charge on any atom is 0.407 e. The van der Waals surface area contributed by atoms with Gasteiger partial charge in [0.1, 0.15) is 17.7 Å². The van der Waals surface area contributed by atoms with Crippen LogP contribution in [0.4, 0.5) is 10.6 Å². The Balaban J connectivity index is 1.95. The van der Waals surface area contributed by atoms with Gasteiger partial charge in [0.2, 0.25) is 5.88 Å². The van der Waals surface area contributed by atoms with E-state index in [2.05, 4.69) is 20.2 Å². The van der Waals surface area contributed by atoms with Crippen LogP contribution in [0.1, 0.15) is 33.6 Å². The van der Waals surface area contributed by atoms with Crippen molar-refractivity contribution in [3.8, 4) is 5.88 Å². The zero-order chi connectivity index (χ0) is 16.2. The Labute approximate surface area is 131 Å². The van der Waals surface area contributed by atoms with Crippen LogP contribution in [0.25, 0.3) is 0 Å². The molecular formula is C15H24N4O3. The Morgan fingerprint density at radius 2 is 2.18 bits per heavy atom. The summed E-state index contributed by atoms with van der Waals surface area (Å²) < 4.78 is 10.4. The molecule has 1 aliphatic rings. The minimum Gasteiger partial charge on any atom is -0.481 e. The average molecular weight is 308 g/mol. The normalized spacial score (nSPS) is 18.7. The highest BCUT2D eigenvalue weighted by atomic mass is 16.6. The Hall–Kier alpha value is -2.05. The Kier molecular flexibility index (Phi) is 5.05. The number of aromatic nitrogens is 2. The smallest absolute Gasteiger partial charge is 0.407 e. The Bertz CT molecular complexity index is 516. The van der Waals surface area contributed by atoms with Crippen LogP contribution in [0.5, 0.6) is 5.88 Å². The van der Waals surface area contributed by atoms with Gasteiger partial charge in [-0.05, 0) is 33.6 Å². The van der Waals surface area contributed by atoms with E-state index < -0.39 is 5.60 Å². The maximum atomic E-state index is 11.9. The number of anilines is 1. The molecule has 0 bridgehead atoms. The van der Waals surface area contributed by atoms with Crippen molar-refractivity contribution in [2.45, 2.75) is 45.3 Å². The lowest BCUT2D eigenvalue weighted by Crippen LogP contribution is -2.49. The van der Waals surface area contributed by atoms with Crippen LogP contribution in [-0.2, 0) is 4.74 Å². The number of ether oxygens (including phenoxy) is 2. The molecule has 1 aliphatic heterocycles. The number of amides is 1. The van der Waals surface area contributed by atoms with Gasteiger partial charge >= 0.3 is 6.09 Å². The summed E-state index contributed by atoms with van der Waals surface area (Å²) in [5.41, 5.74) is -0.488. The van der Waals surface area contributed by atoms with Gasteiger partial charge in [0, 0.05) is 25.2 Å². The summed E-state index contributed by atoms with van der Waals surface area (Å²) in [5, 5.41) is 2.93. The number of carbonyl (C=O) groups is 1. The molecule has 1 fully saturated rings. The molecule has 1 N–H and O–H groups in total. The van der Waals surface area contributed by atoms with Gasteiger partial charge in [-0.1, -0.05) is 0 Å². The third-order valence-corrected chi connectivity index (χ3v) is 3.30. The second kappa shape index (κ2) is 6.81. The molecule has 7 nitrogen and oxygen atoms in total. The number of piperidine rings is 1. The number of methoxy groups -OCH3 is 1. The first-order valence-corrected chi connectivity index (χ1v) is 7.48. The van der Waals surface area contributed by atoms with Gasteiger partial charge < -0.3 is 19.7 Å².